The zero-order chi connectivity index (χ0) is 12.4. The van der Waals surface area contributed by atoms with E-state index < -0.39 is 0 Å². The van der Waals surface area contributed by atoms with Crippen molar-refractivity contribution in [3.8, 4) is 0 Å². The van der Waals surface area contributed by atoms with Gasteiger partial charge < -0.3 is 5.32 Å². The molecule has 2 aromatic rings. The van der Waals surface area contributed by atoms with E-state index in [0.717, 1.165) is 17.3 Å². The van der Waals surface area contributed by atoms with Gasteiger partial charge in [-0.25, -0.2) is 4.98 Å². The van der Waals surface area contributed by atoms with Gasteiger partial charge in [0.25, 0.3) is 0 Å². The SMILES string of the molecule is Clc1ccc(C2CC(NCc3cscn3)C2)cc1. The molecule has 1 aliphatic carbocycles. The Morgan fingerprint density at radius 1 is 1.28 bits per heavy atom. The molecular weight excluding hydrogens is 264 g/mol. The first-order valence-electron chi connectivity index (χ1n) is 6.17. The fourth-order valence-electron chi connectivity index (χ4n) is 2.37. The van der Waals surface area contributed by atoms with Crippen LogP contribution in [0.5, 0.6) is 0 Å². The van der Waals surface area contributed by atoms with E-state index in [1.54, 1.807) is 11.3 Å². The first-order valence-corrected chi connectivity index (χ1v) is 7.49. The molecule has 1 aromatic heterocycles. The smallest absolute Gasteiger partial charge is 0.0795 e. The summed E-state index contributed by atoms with van der Waals surface area (Å²) in [4.78, 5) is 4.27. The third-order valence-electron chi connectivity index (χ3n) is 3.53. The number of hydrogen-bond donors (Lipinski definition) is 1. The summed E-state index contributed by atoms with van der Waals surface area (Å²) in [5.74, 6) is 0.690. The third-order valence-corrected chi connectivity index (χ3v) is 4.42. The van der Waals surface area contributed by atoms with E-state index in [2.05, 4.69) is 27.8 Å². The summed E-state index contributed by atoms with van der Waals surface area (Å²) >= 11 is 7.55. The van der Waals surface area contributed by atoms with Crippen molar-refractivity contribution in [3.05, 3.63) is 51.4 Å². The Kier molecular flexibility index (Phi) is 3.64. The van der Waals surface area contributed by atoms with Crippen LogP contribution in [0.1, 0.15) is 30.0 Å². The maximum Gasteiger partial charge on any atom is 0.0795 e. The number of thiazole rings is 1. The van der Waals surface area contributed by atoms with Gasteiger partial charge in [-0.1, -0.05) is 23.7 Å². The molecule has 0 unspecified atom stereocenters. The van der Waals surface area contributed by atoms with Gasteiger partial charge in [-0.15, -0.1) is 11.3 Å². The monoisotopic (exact) mass is 278 g/mol. The quantitative estimate of drug-likeness (QED) is 0.919. The Hall–Kier alpha value is -0.900. The maximum absolute atomic E-state index is 5.89. The fraction of sp³-hybridized carbons (Fsp3) is 0.357. The van der Waals surface area contributed by atoms with Crippen LogP contribution in [-0.2, 0) is 6.54 Å². The molecule has 1 heterocycles. The van der Waals surface area contributed by atoms with Crippen molar-refractivity contribution >= 4 is 22.9 Å². The molecule has 0 saturated heterocycles. The molecule has 1 N–H and O–H groups in total. The predicted molar refractivity (Wildman–Crippen MR) is 76.2 cm³/mol. The van der Waals surface area contributed by atoms with Crippen molar-refractivity contribution in [2.75, 3.05) is 0 Å². The summed E-state index contributed by atoms with van der Waals surface area (Å²) in [6.45, 7) is 0.890. The highest BCUT2D eigenvalue weighted by Gasteiger charge is 2.29. The van der Waals surface area contributed by atoms with E-state index in [4.69, 9.17) is 11.6 Å². The van der Waals surface area contributed by atoms with Gasteiger partial charge in [-0.3, -0.25) is 0 Å². The van der Waals surface area contributed by atoms with E-state index in [9.17, 15) is 0 Å². The Morgan fingerprint density at radius 2 is 2.06 bits per heavy atom. The minimum atomic E-state index is 0.632. The molecule has 1 fully saturated rings. The minimum absolute atomic E-state index is 0.632. The molecular formula is C14H15ClN2S. The molecule has 0 amide bonds. The lowest BCUT2D eigenvalue weighted by molar-refractivity contribution is 0.289. The van der Waals surface area contributed by atoms with Gasteiger partial charge in [0.05, 0.1) is 11.2 Å². The second kappa shape index (κ2) is 5.39. The number of rotatable bonds is 4. The maximum atomic E-state index is 5.89. The van der Waals surface area contributed by atoms with Crippen LogP contribution in [0.4, 0.5) is 0 Å². The molecule has 0 radical (unpaired) electrons. The van der Waals surface area contributed by atoms with Crippen molar-refractivity contribution < 1.29 is 0 Å². The van der Waals surface area contributed by atoms with Crippen LogP contribution < -0.4 is 5.32 Å². The van der Waals surface area contributed by atoms with Crippen LogP contribution in [0, 0.1) is 0 Å². The first kappa shape index (κ1) is 12.2. The molecule has 1 aliphatic rings. The van der Waals surface area contributed by atoms with Gasteiger partial charge in [-0.05, 0) is 36.5 Å². The largest absolute Gasteiger partial charge is 0.308 e. The highest BCUT2D eigenvalue weighted by Crippen LogP contribution is 2.37. The summed E-state index contributed by atoms with van der Waals surface area (Å²) in [5.41, 5.74) is 4.44. The van der Waals surface area contributed by atoms with Crippen molar-refractivity contribution in [2.24, 2.45) is 0 Å². The molecule has 0 spiro atoms. The fourth-order valence-corrected chi connectivity index (χ4v) is 3.05. The van der Waals surface area contributed by atoms with Crippen molar-refractivity contribution in [1.82, 2.24) is 10.3 Å². The third kappa shape index (κ3) is 2.74. The van der Waals surface area contributed by atoms with Gasteiger partial charge >= 0.3 is 0 Å². The zero-order valence-corrected chi connectivity index (χ0v) is 11.5. The van der Waals surface area contributed by atoms with E-state index >= 15 is 0 Å². The van der Waals surface area contributed by atoms with E-state index in [1.807, 2.05) is 17.6 Å². The van der Waals surface area contributed by atoms with E-state index in [1.165, 1.54) is 18.4 Å². The average Bonchev–Trinajstić information content (AvgIpc) is 2.82. The van der Waals surface area contributed by atoms with Crippen LogP contribution >= 0.6 is 22.9 Å². The Bertz CT molecular complexity index is 489. The highest BCUT2D eigenvalue weighted by atomic mass is 35.5. The normalized spacial score (nSPS) is 22.7. The summed E-state index contributed by atoms with van der Waals surface area (Å²) in [5, 5.41) is 6.47. The van der Waals surface area contributed by atoms with Gasteiger partial charge in [0.2, 0.25) is 0 Å². The second-order valence-corrected chi connectivity index (χ2v) is 5.93. The number of nitrogens with one attached hydrogen (secondary N) is 1. The molecule has 2 nitrogen and oxygen atoms in total. The topological polar surface area (TPSA) is 24.9 Å². The van der Waals surface area contributed by atoms with E-state index in [0.29, 0.717) is 12.0 Å². The van der Waals surface area contributed by atoms with Gasteiger partial charge in [0.15, 0.2) is 0 Å². The minimum Gasteiger partial charge on any atom is -0.308 e. The number of benzene rings is 1. The van der Waals surface area contributed by atoms with Gasteiger partial charge in [0, 0.05) is 23.0 Å². The van der Waals surface area contributed by atoms with Crippen LogP contribution in [0.25, 0.3) is 0 Å². The standard InChI is InChI=1S/C14H15ClN2S/c15-12-3-1-10(2-4-12)11-5-13(6-11)16-7-14-8-18-9-17-14/h1-4,8-9,11,13,16H,5-7H2. The van der Waals surface area contributed by atoms with E-state index in [-0.39, 0.29) is 0 Å². The Balaban J connectivity index is 1.47. The van der Waals surface area contributed by atoms with Crippen LogP contribution in [0.3, 0.4) is 0 Å². The molecule has 0 atom stereocenters. The molecule has 94 valence electrons. The molecule has 3 rings (SSSR count). The lowest BCUT2D eigenvalue weighted by Gasteiger charge is -2.36. The molecule has 0 aliphatic heterocycles. The van der Waals surface area contributed by atoms with Crippen molar-refractivity contribution in [1.29, 1.82) is 0 Å². The zero-order valence-electron chi connectivity index (χ0n) is 9.97. The van der Waals surface area contributed by atoms with Crippen molar-refractivity contribution in [2.45, 2.75) is 31.3 Å². The number of halogens is 1. The molecule has 0 bridgehead atoms. The van der Waals surface area contributed by atoms with Crippen LogP contribution in [0.2, 0.25) is 5.02 Å². The summed E-state index contributed by atoms with van der Waals surface area (Å²) < 4.78 is 0. The van der Waals surface area contributed by atoms with Crippen LogP contribution in [0.15, 0.2) is 35.2 Å². The highest BCUT2D eigenvalue weighted by molar-refractivity contribution is 7.07. The molecule has 18 heavy (non-hydrogen) atoms. The number of nitrogens with zero attached hydrogens (tertiary/aromatic N) is 1. The molecule has 1 saturated carbocycles. The predicted octanol–water partition coefficient (Wildman–Crippen LogP) is 3.83. The van der Waals surface area contributed by atoms with Gasteiger partial charge in [0.1, 0.15) is 0 Å². The summed E-state index contributed by atoms with van der Waals surface area (Å²) in [7, 11) is 0. The lowest BCUT2D eigenvalue weighted by atomic mass is 9.76. The van der Waals surface area contributed by atoms with Gasteiger partial charge in [-0.2, -0.15) is 0 Å². The Labute approximate surface area is 116 Å². The van der Waals surface area contributed by atoms with Crippen molar-refractivity contribution in [3.63, 3.8) is 0 Å². The Morgan fingerprint density at radius 3 is 2.72 bits per heavy atom. The number of hydrogen-bond acceptors (Lipinski definition) is 3. The molecule has 1 aromatic carbocycles. The lowest BCUT2D eigenvalue weighted by Crippen LogP contribution is -2.39. The summed E-state index contributed by atoms with van der Waals surface area (Å²) in [6, 6.07) is 8.88. The first-order chi connectivity index (χ1) is 8.81. The average molecular weight is 279 g/mol. The van der Waals surface area contributed by atoms with Crippen LogP contribution in [-0.4, -0.2) is 11.0 Å². The number of aromatic nitrogens is 1. The summed E-state index contributed by atoms with van der Waals surface area (Å²) in [6.07, 6.45) is 2.43. The molecule has 4 heteroatoms. The second-order valence-electron chi connectivity index (χ2n) is 4.78.